The first-order valence-corrected chi connectivity index (χ1v) is 31.3. The molecule has 2 bridgehead atoms. The summed E-state index contributed by atoms with van der Waals surface area (Å²) in [6.07, 6.45) is 10.6. The van der Waals surface area contributed by atoms with Gasteiger partial charge < -0.3 is 83.9 Å². The van der Waals surface area contributed by atoms with Crippen LogP contribution in [0.25, 0.3) is 0 Å². The number of rotatable bonds is 27. The minimum atomic E-state index is -1.33. The van der Waals surface area contributed by atoms with Gasteiger partial charge in [0.2, 0.25) is 41.4 Å². The number of nitrogens with two attached hydrogens (primary N) is 3. The Morgan fingerprint density at radius 3 is 2.19 bits per heavy atom. The molecule has 0 unspecified atom stereocenters. The number of H-pyrrole nitrogens is 2. The predicted octanol–water partition coefficient (Wildman–Crippen LogP) is -2.77. The lowest BCUT2D eigenvalue weighted by molar-refractivity contribution is -0.136. The van der Waals surface area contributed by atoms with Crippen LogP contribution in [-0.2, 0) is 83.2 Å². The van der Waals surface area contributed by atoms with E-state index in [1.807, 2.05) is 11.8 Å². The van der Waals surface area contributed by atoms with Crippen LogP contribution in [0.1, 0.15) is 102 Å². The van der Waals surface area contributed by atoms with Crippen LogP contribution in [0.3, 0.4) is 0 Å². The highest BCUT2D eigenvalue weighted by molar-refractivity contribution is 8.00. The minimum Gasteiger partial charge on any atom is -0.377 e. The Kier molecular flexibility index (Phi) is 29.2. The second-order valence-corrected chi connectivity index (χ2v) is 23.9. The third-order valence-corrected chi connectivity index (χ3v) is 16.7. The molecule has 0 radical (unpaired) electrons. The molecule has 9 amide bonds. The summed E-state index contributed by atoms with van der Waals surface area (Å²) in [6, 6.07) is -4.96. The van der Waals surface area contributed by atoms with Gasteiger partial charge in [0.15, 0.2) is 17.5 Å². The first-order chi connectivity index (χ1) is 42.8. The average Bonchev–Trinajstić information content (AvgIpc) is 2.13. The van der Waals surface area contributed by atoms with Crippen LogP contribution in [0.4, 0.5) is 4.79 Å². The highest BCUT2D eigenvalue weighted by atomic mass is 32.2. The number of aryl methyl sites for hydroxylation is 1. The van der Waals surface area contributed by atoms with Gasteiger partial charge >= 0.3 is 6.03 Å². The monoisotopic (exact) mass is 1270 g/mol. The molecule has 89 heavy (non-hydrogen) atoms. The van der Waals surface area contributed by atoms with Crippen molar-refractivity contribution in [3.05, 3.63) is 48.3 Å². The fourth-order valence-electron chi connectivity index (χ4n) is 10.4. The first kappa shape index (κ1) is 70.1. The van der Waals surface area contributed by atoms with Crippen molar-refractivity contribution in [2.24, 2.45) is 39.9 Å². The summed E-state index contributed by atoms with van der Waals surface area (Å²) >= 11 is 1.85. The maximum absolute atomic E-state index is 14.6. The summed E-state index contributed by atoms with van der Waals surface area (Å²) in [6.45, 7) is 4.01. The van der Waals surface area contributed by atoms with Crippen LogP contribution in [0.5, 0.6) is 0 Å². The molecule has 0 aliphatic carbocycles. The van der Waals surface area contributed by atoms with Crippen LogP contribution in [0.2, 0.25) is 0 Å². The van der Waals surface area contributed by atoms with E-state index >= 15 is 0 Å². The maximum Gasteiger partial charge on any atom is 0.315 e. The van der Waals surface area contributed by atoms with E-state index in [9.17, 15) is 47.9 Å². The van der Waals surface area contributed by atoms with Crippen LogP contribution in [-0.4, -0.2) is 206 Å². The Morgan fingerprint density at radius 1 is 0.764 bits per heavy atom. The van der Waals surface area contributed by atoms with Gasteiger partial charge in [-0.05, 0) is 44.4 Å². The van der Waals surface area contributed by atoms with Gasteiger partial charge in [0, 0.05) is 105 Å². The second-order valence-electron chi connectivity index (χ2n) is 22.6. The lowest BCUT2D eigenvalue weighted by atomic mass is 9.91. The Bertz CT molecular complexity index is 2820. The fourth-order valence-corrected chi connectivity index (χ4v) is 11.9. The van der Waals surface area contributed by atoms with Crippen molar-refractivity contribution in [3.63, 3.8) is 0 Å². The Hall–Kier alpha value is -8.04. The molecule has 3 aromatic rings. The number of Topliss-reactive ketones (excluding diaryl/α,β-unsaturated/α-hetero) is 2. The number of unbranched alkanes of at least 4 members (excludes halogenated alkanes) is 1. The Balaban J connectivity index is 1.08. The number of aromatic amines is 2. The SMILES string of the molecule is CC(C)[C@@H]1NC(=O)[C@H](Cc2cnc[nH]2)CC(=O)[C@@H](NC(=O)COCCOCCOCCNC(=O)CCCC[C@H]2SC[C@H]3NC(=O)N[C@H]32)Cc2cn(nn2)CCCC[C@@H](C(N)=O)CC(=O)CNC(=O)[C@H](Cc2cnc[nH]2)NC(=O)[C@H](CCCN=C(N)N)NC1=O. The highest BCUT2D eigenvalue weighted by Crippen LogP contribution is 2.33. The summed E-state index contributed by atoms with van der Waals surface area (Å²) < 4.78 is 18.3. The van der Waals surface area contributed by atoms with Gasteiger partial charge in [-0.1, -0.05) is 31.9 Å². The van der Waals surface area contributed by atoms with Gasteiger partial charge in [0.05, 0.1) is 82.0 Å². The number of aliphatic imine (C=N–C) groups is 1. The molecular weight excluding hydrogens is 1180 g/mol. The van der Waals surface area contributed by atoms with Crippen molar-refractivity contribution in [2.75, 3.05) is 65.0 Å². The third-order valence-electron chi connectivity index (χ3n) is 15.2. The molecule has 2 fully saturated rings. The molecule has 0 aromatic carbocycles. The zero-order chi connectivity index (χ0) is 64.1. The highest BCUT2D eigenvalue weighted by Gasteiger charge is 2.43. The molecule has 490 valence electrons. The van der Waals surface area contributed by atoms with Crippen molar-refractivity contribution < 1.29 is 62.2 Å². The zero-order valence-electron chi connectivity index (χ0n) is 50.5. The molecule has 16 N–H and O–H groups in total. The van der Waals surface area contributed by atoms with E-state index in [1.165, 1.54) is 29.7 Å². The van der Waals surface area contributed by atoms with Crippen molar-refractivity contribution in [2.45, 2.75) is 152 Å². The quantitative estimate of drug-likeness (QED) is 0.0159. The summed E-state index contributed by atoms with van der Waals surface area (Å²) in [4.78, 5) is 153. The molecule has 3 aromatic heterocycles. The summed E-state index contributed by atoms with van der Waals surface area (Å²) in [5.74, 6) is -7.40. The van der Waals surface area contributed by atoms with Crippen LogP contribution < -0.4 is 59.7 Å². The first-order valence-electron chi connectivity index (χ1n) is 30.2. The summed E-state index contributed by atoms with van der Waals surface area (Å²) in [7, 11) is 0. The van der Waals surface area contributed by atoms with Gasteiger partial charge in [0.1, 0.15) is 24.7 Å². The maximum atomic E-state index is 14.6. The van der Waals surface area contributed by atoms with Crippen molar-refractivity contribution in [1.82, 2.24) is 77.5 Å². The number of urea groups is 1. The van der Waals surface area contributed by atoms with Gasteiger partial charge in [-0.2, -0.15) is 11.8 Å². The Morgan fingerprint density at radius 2 is 1.48 bits per heavy atom. The number of ketones is 2. The van der Waals surface area contributed by atoms with E-state index < -0.39 is 109 Å². The molecule has 2 saturated heterocycles. The van der Waals surface area contributed by atoms with Gasteiger partial charge in [0.25, 0.3) is 0 Å². The number of nitrogens with one attached hydrogen (secondary N) is 10. The zero-order valence-corrected chi connectivity index (χ0v) is 51.3. The normalized spacial score (nSPS) is 23.6. The molecule has 3 aliphatic rings. The van der Waals surface area contributed by atoms with E-state index in [0.717, 1.165) is 25.0 Å². The standard InChI is InChI=1S/C56H87N19O13S/c1-33(2)48-54(84)68-40(9-7-12-63-55(58)59)53(83)69-42(23-37-26-61-32-66-37)52(82)64-27-39(76)21-34(50(57)80)8-5-6-14-75-28-38(73-74-75)24-41(44(77)22-35(51(81)71-48)20-36-25-60-31-65-36)67-47(79)29-88-19-18-87-17-16-86-15-13-62-46(78)11-4-3-10-45-49-43(30-89-45)70-56(85)72-49/h25-26,28,31-35,40-43,45,48-49H,3-24,27,29-30H2,1-2H3,(H2,57,80)(H,60,65)(H,61,66)(H,62,78)(H,64,82)(H,67,79)(H,68,84)(H,69,83)(H,71,81)(H4,58,59,63)(H2,70,72,85)/t34-,35-,40+,41+,42+,43-,45-,48+,49-/m1/s1. The number of ether oxygens (including phenoxy) is 3. The predicted molar refractivity (Wildman–Crippen MR) is 322 cm³/mol. The third kappa shape index (κ3) is 24.8. The number of hydrogen-bond donors (Lipinski definition) is 13. The molecule has 3 aliphatic heterocycles. The molecule has 6 heterocycles. The molecule has 6 rings (SSSR count). The number of fused-ring (bicyclic) bond motifs is 3. The summed E-state index contributed by atoms with van der Waals surface area (Å²) in [5.41, 5.74) is 18.1. The lowest BCUT2D eigenvalue weighted by Gasteiger charge is -2.28. The second kappa shape index (κ2) is 37.1. The number of thioether (sulfide) groups is 1. The van der Waals surface area contributed by atoms with E-state index in [2.05, 4.69) is 77.8 Å². The number of primary amides is 1. The molecule has 9 atom stereocenters. The van der Waals surface area contributed by atoms with E-state index in [0.29, 0.717) is 54.7 Å². The molecule has 33 heteroatoms. The molecule has 0 spiro atoms. The molecule has 32 nitrogen and oxygen atoms in total. The molecule has 0 saturated carbocycles. The van der Waals surface area contributed by atoms with Crippen molar-refractivity contribution in [1.29, 1.82) is 0 Å². The minimum absolute atomic E-state index is 0.0168. The van der Waals surface area contributed by atoms with Crippen LogP contribution in [0, 0.1) is 17.8 Å². The van der Waals surface area contributed by atoms with Crippen LogP contribution in [0.15, 0.2) is 36.2 Å². The van der Waals surface area contributed by atoms with Gasteiger partial charge in [-0.15, -0.1) is 5.10 Å². The smallest absolute Gasteiger partial charge is 0.315 e. The number of carbonyl (C=O) groups excluding carboxylic acids is 10. The van der Waals surface area contributed by atoms with Gasteiger partial charge in [-0.25, -0.2) is 14.8 Å². The van der Waals surface area contributed by atoms with E-state index in [-0.39, 0.29) is 115 Å². The summed E-state index contributed by atoms with van der Waals surface area (Å²) in [5, 5.41) is 31.1. The number of hydrogen-bond acceptors (Lipinski definition) is 19. The number of guanidine groups is 1. The van der Waals surface area contributed by atoms with Crippen molar-refractivity contribution in [3.8, 4) is 0 Å². The topological polar surface area (TPSA) is 473 Å². The number of nitrogens with zero attached hydrogens (tertiary/aromatic N) is 6. The van der Waals surface area contributed by atoms with Crippen molar-refractivity contribution >= 4 is 76.7 Å². The number of amides is 9. The number of carbonyl (C=O) groups is 10. The number of aromatic nitrogens is 7. The molecular formula is C56H87N19O13S. The fraction of sp³-hybridized carbons (Fsp3) is 0.661. The average molecular weight is 1270 g/mol. The largest absolute Gasteiger partial charge is 0.377 e. The van der Waals surface area contributed by atoms with Crippen LogP contribution >= 0.6 is 11.8 Å². The number of imidazole rings is 2. The van der Waals surface area contributed by atoms with E-state index in [1.54, 1.807) is 20.0 Å². The lowest BCUT2D eigenvalue weighted by Crippen LogP contribution is -2.58. The Labute approximate surface area is 519 Å². The van der Waals surface area contributed by atoms with Gasteiger partial charge in [-0.3, -0.25) is 52.8 Å². The van der Waals surface area contributed by atoms with E-state index in [4.69, 9.17) is 31.4 Å².